The van der Waals surface area contributed by atoms with Crippen LogP contribution in [0.2, 0.25) is 0 Å². The smallest absolute Gasteiger partial charge is 0.329 e. The Labute approximate surface area is 181 Å². The lowest BCUT2D eigenvalue weighted by Gasteiger charge is -2.26. The molecule has 170 valence electrons. The van der Waals surface area contributed by atoms with Gasteiger partial charge in [0.1, 0.15) is 0 Å². The first-order chi connectivity index (χ1) is 14.9. The van der Waals surface area contributed by atoms with Crippen LogP contribution in [0.4, 0.5) is 0 Å². The first-order valence-electron chi connectivity index (χ1n) is 10.3. The fraction of sp³-hybridized carbons (Fsp3) is 0.524. The third kappa shape index (κ3) is 7.89. The van der Waals surface area contributed by atoms with E-state index in [0.29, 0.717) is 50.0 Å². The number of hydrazone groups is 1. The number of carbonyl (C=O) groups excluding carboxylic acids is 3. The summed E-state index contributed by atoms with van der Waals surface area (Å²) < 4.78 is 16.5. The molecule has 10 heteroatoms. The molecule has 0 bridgehead atoms. The normalized spacial score (nSPS) is 14.7. The minimum Gasteiger partial charge on any atom is -0.490 e. The number of morpholine rings is 1. The van der Waals surface area contributed by atoms with Crippen molar-refractivity contribution in [2.45, 2.75) is 33.2 Å². The van der Waals surface area contributed by atoms with Crippen LogP contribution >= 0.6 is 0 Å². The summed E-state index contributed by atoms with van der Waals surface area (Å²) in [5, 5.41) is 6.37. The molecular weight excluding hydrogens is 404 g/mol. The molecule has 2 rings (SSSR count). The Kier molecular flexibility index (Phi) is 9.76. The average Bonchev–Trinajstić information content (AvgIpc) is 2.78. The van der Waals surface area contributed by atoms with Gasteiger partial charge in [0, 0.05) is 19.1 Å². The van der Waals surface area contributed by atoms with E-state index in [1.807, 2.05) is 20.8 Å². The fourth-order valence-electron chi connectivity index (χ4n) is 2.64. The molecule has 0 radical (unpaired) electrons. The molecule has 1 aliphatic heterocycles. The van der Waals surface area contributed by atoms with Crippen molar-refractivity contribution in [2.24, 2.45) is 5.10 Å². The highest BCUT2D eigenvalue weighted by molar-refractivity contribution is 6.35. The molecule has 31 heavy (non-hydrogen) atoms. The average molecular weight is 434 g/mol. The van der Waals surface area contributed by atoms with Gasteiger partial charge in [-0.25, -0.2) is 5.43 Å². The Morgan fingerprint density at radius 1 is 1.16 bits per heavy atom. The van der Waals surface area contributed by atoms with Crippen molar-refractivity contribution in [3.8, 4) is 11.5 Å². The second-order valence-electron chi connectivity index (χ2n) is 6.90. The maximum Gasteiger partial charge on any atom is 0.329 e. The zero-order valence-electron chi connectivity index (χ0n) is 18.2. The van der Waals surface area contributed by atoms with Crippen LogP contribution in [-0.4, -0.2) is 74.4 Å². The molecule has 2 N–H and O–H groups in total. The molecule has 10 nitrogen and oxygen atoms in total. The van der Waals surface area contributed by atoms with E-state index in [1.54, 1.807) is 23.1 Å². The van der Waals surface area contributed by atoms with Gasteiger partial charge in [-0.1, -0.05) is 6.92 Å². The maximum absolute atomic E-state index is 12.3. The number of nitrogens with one attached hydrogen (secondary N) is 2. The molecular formula is C21H30N4O6. The van der Waals surface area contributed by atoms with E-state index in [-0.39, 0.29) is 18.6 Å². The Bertz CT molecular complexity index is 792. The summed E-state index contributed by atoms with van der Waals surface area (Å²) >= 11 is 0. The highest BCUT2D eigenvalue weighted by Crippen LogP contribution is 2.28. The summed E-state index contributed by atoms with van der Waals surface area (Å²) in [4.78, 5) is 37.4. The lowest BCUT2D eigenvalue weighted by molar-refractivity contribution is -0.139. The molecule has 1 aliphatic rings. The number of hydrogen-bond donors (Lipinski definition) is 2. The van der Waals surface area contributed by atoms with Gasteiger partial charge in [0.25, 0.3) is 5.91 Å². The van der Waals surface area contributed by atoms with Crippen LogP contribution < -0.4 is 20.2 Å². The minimum atomic E-state index is -0.844. The number of amides is 3. The molecule has 0 aromatic heterocycles. The van der Waals surface area contributed by atoms with E-state index < -0.39 is 11.8 Å². The topological polar surface area (TPSA) is 119 Å². The number of carbonyl (C=O) groups is 3. The van der Waals surface area contributed by atoms with Gasteiger partial charge in [0.05, 0.1) is 26.0 Å². The third-order valence-corrected chi connectivity index (χ3v) is 4.56. The molecule has 1 heterocycles. The van der Waals surface area contributed by atoms with Crippen LogP contribution in [0.5, 0.6) is 11.5 Å². The van der Waals surface area contributed by atoms with Gasteiger partial charge in [-0.15, -0.1) is 0 Å². The van der Waals surface area contributed by atoms with E-state index in [0.717, 1.165) is 6.42 Å². The first kappa shape index (κ1) is 24.1. The van der Waals surface area contributed by atoms with E-state index in [4.69, 9.17) is 14.2 Å². The highest BCUT2D eigenvalue weighted by Gasteiger charge is 2.18. The molecule has 0 aliphatic carbocycles. The zero-order valence-corrected chi connectivity index (χ0v) is 18.2. The van der Waals surface area contributed by atoms with Gasteiger partial charge in [-0.05, 0) is 44.0 Å². The van der Waals surface area contributed by atoms with Gasteiger partial charge in [-0.3, -0.25) is 14.4 Å². The molecule has 3 amide bonds. The summed E-state index contributed by atoms with van der Waals surface area (Å²) in [5.74, 6) is -0.826. The van der Waals surface area contributed by atoms with E-state index >= 15 is 0 Å². The Balaban J connectivity index is 1.94. The molecule has 1 saturated heterocycles. The standard InChI is InChI=1S/C21H30N4O6/c1-4-15(3)23-20(27)21(28)24-22-13-16-6-7-17(18(12-16)30-5-2)31-14-19(26)25-8-10-29-11-9-25/h6-7,12-13,15H,4-5,8-11,14H2,1-3H3,(H,23,27)(H,24,28)/b22-13-/t15-/m0/s1. The molecule has 0 unspecified atom stereocenters. The number of nitrogens with zero attached hydrogens (tertiary/aromatic N) is 2. The van der Waals surface area contributed by atoms with E-state index in [1.165, 1.54) is 6.21 Å². The van der Waals surface area contributed by atoms with Crippen molar-refractivity contribution in [2.75, 3.05) is 39.5 Å². The van der Waals surface area contributed by atoms with Crippen LogP contribution in [-0.2, 0) is 19.1 Å². The van der Waals surface area contributed by atoms with Gasteiger partial charge < -0.3 is 24.4 Å². The summed E-state index contributed by atoms with van der Waals surface area (Å²) in [6.07, 6.45) is 2.11. The number of benzene rings is 1. The number of rotatable bonds is 9. The van der Waals surface area contributed by atoms with Crippen molar-refractivity contribution in [3.05, 3.63) is 23.8 Å². The third-order valence-electron chi connectivity index (χ3n) is 4.56. The van der Waals surface area contributed by atoms with Gasteiger partial charge in [0.15, 0.2) is 18.1 Å². The molecule has 0 saturated carbocycles. The van der Waals surface area contributed by atoms with E-state index in [9.17, 15) is 14.4 Å². The lowest BCUT2D eigenvalue weighted by Crippen LogP contribution is -2.43. The summed E-state index contributed by atoms with van der Waals surface area (Å²) in [5.41, 5.74) is 2.81. The van der Waals surface area contributed by atoms with Gasteiger partial charge in [-0.2, -0.15) is 5.10 Å². The highest BCUT2D eigenvalue weighted by atomic mass is 16.5. The predicted molar refractivity (Wildman–Crippen MR) is 114 cm³/mol. The summed E-state index contributed by atoms with van der Waals surface area (Å²) in [6, 6.07) is 4.94. The maximum atomic E-state index is 12.3. The lowest BCUT2D eigenvalue weighted by atomic mass is 10.2. The van der Waals surface area contributed by atoms with Crippen LogP contribution in [0, 0.1) is 0 Å². The number of ether oxygens (including phenoxy) is 3. The monoisotopic (exact) mass is 434 g/mol. The largest absolute Gasteiger partial charge is 0.490 e. The molecule has 0 spiro atoms. The zero-order chi connectivity index (χ0) is 22.6. The first-order valence-corrected chi connectivity index (χ1v) is 10.3. The predicted octanol–water partition coefficient (Wildman–Crippen LogP) is 0.688. The SMILES string of the molecule is CCOc1cc(/C=N\NC(=O)C(=O)N[C@@H](C)CC)ccc1OCC(=O)N1CCOCC1. The second-order valence-corrected chi connectivity index (χ2v) is 6.90. The second kappa shape index (κ2) is 12.5. The van der Waals surface area contributed by atoms with Crippen molar-refractivity contribution in [3.63, 3.8) is 0 Å². The Morgan fingerprint density at radius 2 is 1.90 bits per heavy atom. The van der Waals surface area contributed by atoms with Crippen molar-refractivity contribution < 1.29 is 28.6 Å². The summed E-state index contributed by atoms with van der Waals surface area (Å²) in [7, 11) is 0. The Morgan fingerprint density at radius 3 is 2.58 bits per heavy atom. The van der Waals surface area contributed by atoms with Crippen molar-refractivity contribution in [1.29, 1.82) is 0 Å². The van der Waals surface area contributed by atoms with Crippen LogP contribution in [0.25, 0.3) is 0 Å². The van der Waals surface area contributed by atoms with Crippen molar-refractivity contribution >= 4 is 23.9 Å². The van der Waals surface area contributed by atoms with Gasteiger partial charge in [0.2, 0.25) is 0 Å². The van der Waals surface area contributed by atoms with Crippen molar-refractivity contribution in [1.82, 2.24) is 15.6 Å². The fourth-order valence-corrected chi connectivity index (χ4v) is 2.64. The van der Waals surface area contributed by atoms with E-state index in [2.05, 4.69) is 15.8 Å². The van der Waals surface area contributed by atoms with Crippen LogP contribution in [0.15, 0.2) is 23.3 Å². The van der Waals surface area contributed by atoms with Crippen LogP contribution in [0.1, 0.15) is 32.8 Å². The Hall–Kier alpha value is -3.14. The van der Waals surface area contributed by atoms with Gasteiger partial charge >= 0.3 is 11.8 Å². The minimum absolute atomic E-state index is 0.0985. The van der Waals surface area contributed by atoms with Crippen LogP contribution in [0.3, 0.4) is 0 Å². The molecule has 1 aromatic carbocycles. The quantitative estimate of drug-likeness (QED) is 0.335. The summed E-state index contributed by atoms with van der Waals surface area (Å²) in [6.45, 7) is 8.01. The molecule has 1 fully saturated rings. The molecule has 1 atom stereocenters. The molecule has 1 aromatic rings. The number of hydrogen-bond acceptors (Lipinski definition) is 7.